The molecule has 0 radical (unpaired) electrons. The van der Waals surface area contributed by atoms with Crippen molar-refractivity contribution in [3.8, 4) is 11.8 Å². The average Bonchev–Trinajstić information content (AvgIpc) is 3.47. The first-order chi connectivity index (χ1) is 15.1. The van der Waals surface area contributed by atoms with Crippen molar-refractivity contribution in [2.75, 3.05) is 19.0 Å². The van der Waals surface area contributed by atoms with Crippen molar-refractivity contribution < 1.29 is 9.53 Å². The number of ether oxygens (including phenoxy) is 1. The van der Waals surface area contributed by atoms with Gasteiger partial charge in [0.25, 0.3) is 0 Å². The number of hydrogen-bond acceptors (Lipinski definition) is 5. The molecule has 31 heavy (non-hydrogen) atoms. The number of methoxy groups -OCH3 is 1. The monoisotopic (exact) mass is 451 g/mol. The third-order valence-electron chi connectivity index (χ3n) is 5.56. The van der Waals surface area contributed by atoms with Crippen molar-refractivity contribution in [2.24, 2.45) is 0 Å². The zero-order chi connectivity index (χ0) is 21.8. The normalized spacial score (nSPS) is 16.5. The summed E-state index contributed by atoms with van der Waals surface area (Å²) in [6.07, 6.45) is 1.78. The lowest BCUT2D eigenvalue weighted by atomic mass is 10.0. The highest BCUT2D eigenvalue weighted by atomic mass is 35.5. The average molecular weight is 452 g/mol. The minimum atomic E-state index is -0.625. The van der Waals surface area contributed by atoms with Crippen molar-refractivity contribution in [2.45, 2.75) is 24.9 Å². The number of nitrogens with one attached hydrogen (secondary N) is 1. The Morgan fingerprint density at radius 1 is 1.26 bits per heavy atom. The van der Waals surface area contributed by atoms with Crippen molar-refractivity contribution >= 4 is 33.8 Å². The Balaban J connectivity index is 1.69. The fraction of sp³-hybridized carbons (Fsp3) is 0.250. The third kappa shape index (κ3) is 4.39. The van der Waals surface area contributed by atoms with Gasteiger partial charge in [0.1, 0.15) is 22.9 Å². The van der Waals surface area contributed by atoms with Gasteiger partial charge in [0.15, 0.2) is 0 Å². The van der Waals surface area contributed by atoms with Gasteiger partial charge >= 0.3 is 0 Å². The molecule has 2 heterocycles. The summed E-state index contributed by atoms with van der Waals surface area (Å²) >= 11 is 7.87. The lowest BCUT2D eigenvalue weighted by molar-refractivity contribution is -0.133. The van der Waals surface area contributed by atoms with Gasteiger partial charge in [-0.3, -0.25) is 4.79 Å². The van der Waals surface area contributed by atoms with Gasteiger partial charge in [0.05, 0.1) is 18.7 Å². The second-order valence-corrected chi connectivity index (χ2v) is 8.66. The van der Waals surface area contributed by atoms with Crippen LogP contribution in [0.1, 0.15) is 41.6 Å². The summed E-state index contributed by atoms with van der Waals surface area (Å²) in [4.78, 5) is 15.7. The number of hydrogen-bond donors (Lipinski definition) is 1. The molecule has 0 aliphatic carbocycles. The van der Waals surface area contributed by atoms with Gasteiger partial charge in [-0.15, -0.1) is 11.3 Å². The molecule has 1 aromatic heterocycles. The molecule has 158 valence electrons. The van der Waals surface area contributed by atoms with Gasteiger partial charge in [0.2, 0.25) is 5.91 Å². The topological polar surface area (TPSA) is 65.4 Å². The van der Waals surface area contributed by atoms with E-state index in [1.807, 2.05) is 58.8 Å². The van der Waals surface area contributed by atoms with Crippen LogP contribution in [0.4, 0.5) is 5.00 Å². The van der Waals surface area contributed by atoms with E-state index in [4.69, 9.17) is 16.3 Å². The third-order valence-corrected chi connectivity index (χ3v) is 6.75. The zero-order valence-corrected chi connectivity index (χ0v) is 18.6. The number of anilines is 1. The van der Waals surface area contributed by atoms with E-state index < -0.39 is 6.04 Å². The van der Waals surface area contributed by atoms with E-state index in [2.05, 4.69) is 11.4 Å². The van der Waals surface area contributed by atoms with Crippen LogP contribution in [-0.2, 0) is 4.79 Å². The minimum absolute atomic E-state index is 0.0372. The van der Waals surface area contributed by atoms with Crippen LogP contribution in [0, 0.1) is 11.3 Å². The number of carbonyl (C=O) groups is 1. The van der Waals surface area contributed by atoms with Crippen LogP contribution in [0.15, 0.2) is 60.0 Å². The fourth-order valence-corrected chi connectivity index (χ4v) is 5.02. The molecular weight excluding hydrogens is 430 g/mol. The van der Waals surface area contributed by atoms with Gasteiger partial charge in [-0.2, -0.15) is 5.26 Å². The van der Waals surface area contributed by atoms with E-state index in [-0.39, 0.29) is 11.9 Å². The second kappa shape index (κ2) is 9.42. The maximum Gasteiger partial charge on any atom is 0.250 e. The first kappa shape index (κ1) is 21.2. The fourth-order valence-electron chi connectivity index (χ4n) is 3.99. The van der Waals surface area contributed by atoms with Crippen LogP contribution in [0.25, 0.3) is 0 Å². The van der Waals surface area contributed by atoms with E-state index in [9.17, 15) is 10.1 Å². The Kier molecular flexibility index (Phi) is 6.45. The minimum Gasteiger partial charge on any atom is -0.497 e. The number of likely N-dealkylation sites (tertiary alicyclic amines) is 1. The van der Waals surface area contributed by atoms with Gasteiger partial charge in [-0.1, -0.05) is 41.9 Å². The number of nitriles is 1. The van der Waals surface area contributed by atoms with Gasteiger partial charge in [-0.05, 0) is 53.6 Å². The zero-order valence-electron chi connectivity index (χ0n) is 17.0. The molecule has 5 nitrogen and oxygen atoms in total. The van der Waals surface area contributed by atoms with Crippen LogP contribution in [0.2, 0.25) is 5.02 Å². The van der Waals surface area contributed by atoms with Crippen molar-refractivity contribution in [1.29, 1.82) is 5.26 Å². The summed E-state index contributed by atoms with van der Waals surface area (Å²) in [5, 5.41) is 16.0. The predicted molar refractivity (Wildman–Crippen MR) is 124 cm³/mol. The quantitative estimate of drug-likeness (QED) is 0.514. The molecule has 0 saturated carbocycles. The first-order valence-electron chi connectivity index (χ1n) is 10.1. The number of nitrogens with zero attached hydrogens (tertiary/aromatic N) is 2. The Bertz CT molecular complexity index is 1110. The number of amides is 1. The number of rotatable bonds is 6. The molecule has 1 aliphatic heterocycles. The maximum absolute atomic E-state index is 13.8. The Morgan fingerprint density at radius 2 is 2.03 bits per heavy atom. The molecule has 1 N–H and O–H groups in total. The molecule has 7 heteroatoms. The van der Waals surface area contributed by atoms with E-state index in [1.165, 1.54) is 11.3 Å². The molecule has 1 fully saturated rings. The summed E-state index contributed by atoms with van der Waals surface area (Å²) in [6, 6.07) is 18.4. The Labute approximate surface area is 190 Å². The van der Waals surface area contributed by atoms with Crippen molar-refractivity contribution in [3.05, 3.63) is 81.7 Å². The summed E-state index contributed by atoms with van der Waals surface area (Å²) in [6.45, 7) is 0.665. The van der Waals surface area contributed by atoms with Crippen LogP contribution < -0.4 is 10.1 Å². The van der Waals surface area contributed by atoms with E-state index in [0.717, 1.165) is 29.7 Å². The van der Waals surface area contributed by atoms with Crippen LogP contribution >= 0.6 is 22.9 Å². The second-order valence-electron chi connectivity index (χ2n) is 7.34. The molecule has 0 bridgehead atoms. The molecule has 3 aromatic rings. The number of thiophene rings is 1. The Hall–Kier alpha value is -3.01. The largest absolute Gasteiger partial charge is 0.497 e. The Morgan fingerprint density at radius 3 is 2.74 bits per heavy atom. The summed E-state index contributed by atoms with van der Waals surface area (Å²) in [7, 11) is 1.61. The number of halogens is 1. The van der Waals surface area contributed by atoms with Crippen LogP contribution in [0.5, 0.6) is 5.75 Å². The highest BCUT2D eigenvalue weighted by molar-refractivity contribution is 7.14. The maximum atomic E-state index is 13.8. The molecule has 1 aliphatic rings. The molecule has 0 spiro atoms. The molecular formula is C24H22ClN3O2S. The molecule has 4 rings (SSSR count). The van der Waals surface area contributed by atoms with Crippen LogP contribution in [0.3, 0.4) is 0 Å². The molecule has 1 saturated heterocycles. The highest BCUT2D eigenvalue weighted by Crippen LogP contribution is 2.38. The number of carbonyl (C=O) groups excluding carboxylic acids is 1. The van der Waals surface area contributed by atoms with E-state index in [0.29, 0.717) is 22.1 Å². The van der Waals surface area contributed by atoms with Gasteiger partial charge < -0.3 is 15.0 Å². The van der Waals surface area contributed by atoms with Crippen molar-refractivity contribution in [3.63, 3.8) is 0 Å². The van der Waals surface area contributed by atoms with Gasteiger partial charge in [0, 0.05) is 11.6 Å². The smallest absolute Gasteiger partial charge is 0.250 e. The van der Waals surface area contributed by atoms with Gasteiger partial charge in [-0.25, -0.2) is 0 Å². The summed E-state index contributed by atoms with van der Waals surface area (Å²) in [5.74, 6) is 0.684. The molecule has 1 amide bonds. The summed E-state index contributed by atoms with van der Waals surface area (Å²) < 4.78 is 5.27. The first-order valence-corrected chi connectivity index (χ1v) is 11.3. The molecule has 2 atom stereocenters. The van der Waals surface area contributed by atoms with E-state index in [1.54, 1.807) is 13.2 Å². The SMILES string of the molecule is COc1ccc(C(Nc2sccc2C#N)C(=O)N2CCCC2c2ccccc2Cl)cc1. The standard InChI is InChI=1S/C24H22ClN3O2S/c1-30-18-10-8-16(9-11-18)22(27-23-17(15-26)12-14-31-23)24(29)28-13-4-7-21(28)19-5-2-3-6-20(19)25/h2-3,5-6,8-12,14,21-22,27H,4,7,13H2,1H3. The highest BCUT2D eigenvalue weighted by Gasteiger charge is 2.36. The van der Waals surface area contributed by atoms with Crippen LogP contribution in [-0.4, -0.2) is 24.5 Å². The summed E-state index contributed by atoms with van der Waals surface area (Å²) in [5.41, 5.74) is 2.31. The predicted octanol–water partition coefficient (Wildman–Crippen LogP) is 5.80. The lowest BCUT2D eigenvalue weighted by Gasteiger charge is -2.30. The molecule has 2 unspecified atom stereocenters. The van der Waals surface area contributed by atoms with Crippen molar-refractivity contribution in [1.82, 2.24) is 4.90 Å². The molecule has 2 aromatic carbocycles. The lowest BCUT2D eigenvalue weighted by Crippen LogP contribution is -2.37. The number of benzene rings is 2. The van der Waals surface area contributed by atoms with E-state index >= 15 is 0 Å².